The standard InChI is InChI=1S/C21H34N2/c1-13-17-5-6-19-16-4-3-14-11-15(22)7-9-20(14,2)18(16)8-10-21(17,19)12-23-13/h12-19H,3-11,22H2,1-2H3. The molecule has 0 radical (unpaired) electrons. The van der Waals surface area contributed by atoms with Crippen LogP contribution in [-0.2, 0) is 0 Å². The number of hydrogen-bond donors (Lipinski definition) is 1. The Bertz CT molecular complexity index is 528. The summed E-state index contributed by atoms with van der Waals surface area (Å²) in [6.45, 7) is 5.02. The average molecular weight is 315 g/mol. The molecule has 0 aromatic rings. The quantitative estimate of drug-likeness (QED) is 0.706. The Labute approximate surface area is 141 Å². The molecule has 9 unspecified atom stereocenters. The van der Waals surface area contributed by atoms with Gasteiger partial charge in [0.15, 0.2) is 0 Å². The maximum absolute atomic E-state index is 6.32. The van der Waals surface area contributed by atoms with E-state index in [-0.39, 0.29) is 0 Å². The molecule has 1 spiro atoms. The van der Waals surface area contributed by atoms with Gasteiger partial charge in [0, 0.05) is 17.7 Å². The molecule has 4 fully saturated rings. The largest absolute Gasteiger partial charge is 0.328 e. The molecule has 5 rings (SSSR count). The summed E-state index contributed by atoms with van der Waals surface area (Å²) < 4.78 is 0. The van der Waals surface area contributed by atoms with Gasteiger partial charge in [-0.2, -0.15) is 0 Å². The highest BCUT2D eigenvalue weighted by Gasteiger charge is 2.63. The maximum atomic E-state index is 6.32. The molecule has 0 aromatic heterocycles. The van der Waals surface area contributed by atoms with Gasteiger partial charge in [-0.05, 0) is 99.7 Å². The molecule has 1 aliphatic heterocycles. The summed E-state index contributed by atoms with van der Waals surface area (Å²) in [7, 11) is 0. The van der Waals surface area contributed by atoms with Crippen LogP contribution in [0.4, 0.5) is 0 Å². The van der Waals surface area contributed by atoms with Crippen LogP contribution in [0.25, 0.3) is 0 Å². The Morgan fingerprint density at radius 1 is 0.957 bits per heavy atom. The molecule has 23 heavy (non-hydrogen) atoms. The van der Waals surface area contributed by atoms with Crippen molar-refractivity contribution in [2.24, 2.45) is 51.1 Å². The monoisotopic (exact) mass is 314 g/mol. The fourth-order valence-electron chi connectivity index (χ4n) is 8.37. The molecule has 9 atom stereocenters. The molecule has 128 valence electrons. The van der Waals surface area contributed by atoms with Crippen molar-refractivity contribution in [2.75, 3.05) is 0 Å². The zero-order valence-electron chi connectivity index (χ0n) is 15.0. The summed E-state index contributed by atoms with van der Waals surface area (Å²) >= 11 is 0. The zero-order chi connectivity index (χ0) is 15.8. The van der Waals surface area contributed by atoms with E-state index in [2.05, 4.69) is 20.1 Å². The first kappa shape index (κ1) is 14.9. The van der Waals surface area contributed by atoms with E-state index < -0.39 is 0 Å². The summed E-state index contributed by atoms with van der Waals surface area (Å²) in [5, 5.41) is 0. The average Bonchev–Trinajstić information content (AvgIpc) is 3.06. The fraction of sp³-hybridized carbons (Fsp3) is 0.952. The minimum Gasteiger partial charge on any atom is -0.328 e. The molecule has 0 amide bonds. The van der Waals surface area contributed by atoms with E-state index >= 15 is 0 Å². The molecule has 0 aromatic carbocycles. The Kier molecular flexibility index (Phi) is 3.14. The minimum atomic E-state index is 0.484. The number of nitrogens with two attached hydrogens (primary N) is 1. The van der Waals surface area contributed by atoms with Crippen LogP contribution in [0.5, 0.6) is 0 Å². The molecule has 0 bridgehead atoms. The van der Waals surface area contributed by atoms with Crippen molar-refractivity contribution in [1.82, 2.24) is 0 Å². The van der Waals surface area contributed by atoms with Gasteiger partial charge in [0.2, 0.25) is 0 Å². The highest BCUT2D eigenvalue weighted by Crippen LogP contribution is 2.68. The van der Waals surface area contributed by atoms with Gasteiger partial charge in [-0.3, -0.25) is 4.99 Å². The molecule has 4 saturated carbocycles. The molecule has 2 heteroatoms. The molecule has 2 N–H and O–H groups in total. The van der Waals surface area contributed by atoms with Gasteiger partial charge in [-0.1, -0.05) is 6.92 Å². The third-order valence-electron chi connectivity index (χ3n) is 9.49. The van der Waals surface area contributed by atoms with Crippen molar-refractivity contribution in [2.45, 2.75) is 83.7 Å². The SMILES string of the molecule is CC1N=CC23CCC4C(CCC5CC(N)CCC54C)C2CCC13. The third-order valence-corrected chi connectivity index (χ3v) is 9.49. The second kappa shape index (κ2) is 4.84. The number of hydrogen-bond acceptors (Lipinski definition) is 2. The molecule has 2 nitrogen and oxygen atoms in total. The minimum absolute atomic E-state index is 0.484. The van der Waals surface area contributed by atoms with Crippen molar-refractivity contribution in [3.8, 4) is 0 Å². The summed E-state index contributed by atoms with van der Waals surface area (Å²) in [5.41, 5.74) is 7.43. The van der Waals surface area contributed by atoms with Crippen molar-refractivity contribution in [1.29, 1.82) is 0 Å². The van der Waals surface area contributed by atoms with E-state index in [9.17, 15) is 0 Å². The van der Waals surface area contributed by atoms with Gasteiger partial charge in [0.05, 0.1) is 6.04 Å². The maximum Gasteiger partial charge on any atom is 0.0504 e. The number of aliphatic imine (C=N–C) groups is 1. The van der Waals surface area contributed by atoms with Crippen LogP contribution in [0.2, 0.25) is 0 Å². The van der Waals surface area contributed by atoms with Crippen molar-refractivity contribution in [3.05, 3.63) is 0 Å². The lowest BCUT2D eigenvalue weighted by Gasteiger charge is -2.60. The second-order valence-electron chi connectivity index (χ2n) is 10.0. The smallest absolute Gasteiger partial charge is 0.0504 e. The first-order chi connectivity index (χ1) is 11.0. The van der Waals surface area contributed by atoms with Crippen LogP contribution in [-0.4, -0.2) is 18.3 Å². The number of rotatable bonds is 0. The van der Waals surface area contributed by atoms with Crippen molar-refractivity contribution in [3.63, 3.8) is 0 Å². The highest BCUT2D eigenvalue weighted by atomic mass is 14.9. The first-order valence-corrected chi connectivity index (χ1v) is 10.3. The summed E-state index contributed by atoms with van der Waals surface area (Å²) in [6, 6.07) is 1.08. The van der Waals surface area contributed by atoms with Crippen LogP contribution in [0.15, 0.2) is 4.99 Å². The molecule has 5 aliphatic rings. The number of fused-ring (bicyclic) bond motifs is 4. The lowest BCUT2D eigenvalue weighted by Crippen LogP contribution is -2.55. The van der Waals surface area contributed by atoms with Gasteiger partial charge < -0.3 is 5.73 Å². The normalized spacial score (nSPS) is 60.7. The van der Waals surface area contributed by atoms with E-state index in [0.717, 1.165) is 29.6 Å². The van der Waals surface area contributed by atoms with Gasteiger partial charge in [0.1, 0.15) is 0 Å². The summed E-state index contributed by atoms with van der Waals surface area (Å²) in [4.78, 5) is 4.90. The van der Waals surface area contributed by atoms with Gasteiger partial charge in [-0.15, -0.1) is 0 Å². The lowest BCUT2D eigenvalue weighted by molar-refractivity contribution is -0.0990. The Morgan fingerprint density at radius 2 is 1.78 bits per heavy atom. The van der Waals surface area contributed by atoms with Crippen LogP contribution < -0.4 is 5.73 Å². The summed E-state index contributed by atoms with van der Waals surface area (Å²) in [5.74, 6) is 4.70. The Hall–Kier alpha value is -0.370. The highest BCUT2D eigenvalue weighted by molar-refractivity contribution is 5.71. The van der Waals surface area contributed by atoms with Crippen LogP contribution in [0.3, 0.4) is 0 Å². The topological polar surface area (TPSA) is 38.4 Å². The van der Waals surface area contributed by atoms with E-state index in [0.29, 0.717) is 22.9 Å². The van der Waals surface area contributed by atoms with E-state index in [1.807, 2.05) is 0 Å². The molecular weight excluding hydrogens is 280 g/mol. The van der Waals surface area contributed by atoms with Crippen molar-refractivity contribution >= 4 is 6.21 Å². The van der Waals surface area contributed by atoms with Gasteiger partial charge >= 0.3 is 0 Å². The molecular formula is C21H34N2. The van der Waals surface area contributed by atoms with Gasteiger partial charge in [-0.25, -0.2) is 0 Å². The van der Waals surface area contributed by atoms with E-state index in [4.69, 9.17) is 10.7 Å². The lowest BCUT2D eigenvalue weighted by atomic mass is 9.44. The number of nitrogens with zero attached hydrogens (tertiary/aromatic N) is 1. The van der Waals surface area contributed by atoms with Crippen LogP contribution in [0.1, 0.15) is 71.6 Å². The zero-order valence-corrected chi connectivity index (χ0v) is 15.0. The fourth-order valence-corrected chi connectivity index (χ4v) is 8.37. The van der Waals surface area contributed by atoms with Crippen LogP contribution in [0, 0.1) is 40.4 Å². The van der Waals surface area contributed by atoms with Crippen molar-refractivity contribution < 1.29 is 0 Å². The predicted octanol–water partition coefficient (Wildman–Crippen LogP) is 4.43. The second-order valence-corrected chi connectivity index (χ2v) is 10.0. The summed E-state index contributed by atoms with van der Waals surface area (Å²) in [6.07, 6.45) is 15.2. The van der Waals surface area contributed by atoms with Crippen LogP contribution >= 0.6 is 0 Å². The third kappa shape index (κ3) is 1.82. The molecule has 4 aliphatic carbocycles. The molecule has 0 saturated heterocycles. The Morgan fingerprint density at radius 3 is 2.65 bits per heavy atom. The Balaban J connectivity index is 1.46. The predicted molar refractivity (Wildman–Crippen MR) is 95.5 cm³/mol. The molecule has 1 heterocycles. The van der Waals surface area contributed by atoms with E-state index in [1.54, 1.807) is 0 Å². The van der Waals surface area contributed by atoms with Gasteiger partial charge in [0.25, 0.3) is 0 Å². The first-order valence-electron chi connectivity index (χ1n) is 10.3. The van der Waals surface area contributed by atoms with E-state index in [1.165, 1.54) is 57.8 Å².